The van der Waals surface area contributed by atoms with E-state index in [-0.39, 0.29) is 0 Å². The maximum Gasteiger partial charge on any atom is 0.298 e. The van der Waals surface area contributed by atoms with Gasteiger partial charge in [0.25, 0.3) is 6.01 Å². The smallest absolute Gasteiger partial charge is 0.298 e. The summed E-state index contributed by atoms with van der Waals surface area (Å²) in [6, 6.07) is 6.99. The second-order valence-corrected chi connectivity index (χ2v) is 5.30. The van der Waals surface area contributed by atoms with Crippen LogP contribution < -0.4 is 10.6 Å². The molecular weight excluding hydrogens is 238 g/mol. The van der Waals surface area contributed by atoms with Crippen LogP contribution in [0.5, 0.6) is 0 Å². The van der Waals surface area contributed by atoms with Crippen LogP contribution in [0, 0.1) is 0 Å². The van der Waals surface area contributed by atoms with E-state index in [1.54, 1.807) is 0 Å². The molecule has 1 aromatic carbocycles. The average Bonchev–Trinajstić information content (AvgIpc) is 2.71. The first-order valence-electron chi connectivity index (χ1n) is 7.21. The summed E-state index contributed by atoms with van der Waals surface area (Å²) in [6.07, 6.45) is 6.18. The third-order valence-electron chi connectivity index (χ3n) is 4.03. The minimum absolute atomic E-state index is 0.539. The van der Waals surface area contributed by atoms with Crippen molar-refractivity contribution in [2.45, 2.75) is 45.1 Å². The summed E-state index contributed by atoms with van der Waals surface area (Å²) >= 11 is 0. The summed E-state index contributed by atoms with van der Waals surface area (Å²) in [5.74, 6) is 0. The van der Waals surface area contributed by atoms with Crippen LogP contribution >= 0.6 is 0 Å². The van der Waals surface area contributed by atoms with Crippen molar-refractivity contribution >= 4 is 22.8 Å². The van der Waals surface area contributed by atoms with Gasteiger partial charge < -0.3 is 15.1 Å². The van der Waals surface area contributed by atoms with E-state index in [0.29, 0.717) is 11.7 Å². The molecule has 1 aromatic heterocycles. The van der Waals surface area contributed by atoms with Crippen LogP contribution in [0.1, 0.15) is 39.0 Å². The van der Waals surface area contributed by atoms with Gasteiger partial charge in [0.15, 0.2) is 5.58 Å². The Bertz CT molecular complexity index is 564. The lowest BCUT2D eigenvalue weighted by Gasteiger charge is -2.27. The van der Waals surface area contributed by atoms with Gasteiger partial charge in [0.05, 0.1) is 5.69 Å². The largest absolute Gasteiger partial charge is 0.423 e. The number of anilines is 2. The van der Waals surface area contributed by atoms with Crippen molar-refractivity contribution in [3.63, 3.8) is 0 Å². The fourth-order valence-electron chi connectivity index (χ4n) is 2.93. The molecule has 1 unspecified atom stereocenters. The Morgan fingerprint density at radius 1 is 1.37 bits per heavy atom. The molecule has 0 aliphatic carbocycles. The van der Waals surface area contributed by atoms with E-state index in [0.717, 1.165) is 30.1 Å². The van der Waals surface area contributed by atoms with E-state index in [1.807, 2.05) is 18.2 Å². The third-order valence-corrected chi connectivity index (χ3v) is 4.03. The summed E-state index contributed by atoms with van der Waals surface area (Å²) in [5, 5.41) is 0. The predicted octanol–water partition coefficient (Wildman–Crippen LogP) is 3.57. The Balaban J connectivity index is 1.99. The predicted molar refractivity (Wildman–Crippen MR) is 78.3 cm³/mol. The number of nitrogen functional groups attached to an aromatic ring is 1. The molecule has 1 atom stereocenters. The molecule has 2 heterocycles. The second-order valence-electron chi connectivity index (χ2n) is 5.30. The summed E-state index contributed by atoms with van der Waals surface area (Å²) < 4.78 is 5.91. The molecule has 1 aliphatic rings. The number of oxazole rings is 1. The molecule has 0 bridgehead atoms. The van der Waals surface area contributed by atoms with Gasteiger partial charge in [-0.15, -0.1) is 0 Å². The van der Waals surface area contributed by atoms with Gasteiger partial charge in [-0.1, -0.05) is 25.8 Å². The lowest BCUT2D eigenvalue weighted by atomic mass is 10.1. The number of nitrogens with two attached hydrogens (primary N) is 1. The SMILES string of the molecule is CCC1CCCCCN1c1nc2c(N)cccc2o1. The molecule has 2 aromatic rings. The highest BCUT2D eigenvalue weighted by molar-refractivity contribution is 5.86. The number of aromatic nitrogens is 1. The molecule has 102 valence electrons. The zero-order valence-corrected chi connectivity index (χ0v) is 11.4. The van der Waals surface area contributed by atoms with Gasteiger partial charge in [0, 0.05) is 12.6 Å². The van der Waals surface area contributed by atoms with Gasteiger partial charge in [-0.3, -0.25) is 0 Å². The molecule has 0 spiro atoms. The summed E-state index contributed by atoms with van der Waals surface area (Å²) in [7, 11) is 0. The number of nitrogens with zero attached hydrogens (tertiary/aromatic N) is 2. The average molecular weight is 259 g/mol. The molecule has 1 aliphatic heterocycles. The standard InChI is InChI=1S/C15H21N3O/c1-2-11-7-4-3-5-10-18(11)15-17-14-12(16)8-6-9-13(14)19-15/h6,8-9,11H,2-5,7,10,16H2,1H3. The van der Waals surface area contributed by atoms with Gasteiger partial charge in [-0.05, 0) is 31.4 Å². The highest BCUT2D eigenvalue weighted by Crippen LogP contribution is 2.30. The fourth-order valence-corrected chi connectivity index (χ4v) is 2.93. The van der Waals surface area contributed by atoms with Crippen molar-refractivity contribution in [3.05, 3.63) is 18.2 Å². The number of benzene rings is 1. The quantitative estimate of drug-likeness (QED) is 0.838. The van der Waals surface area contributed by atoms with Crippen LogP contribution in [0.3, 0.4) is 0 Å². The zero-order chi connectivity index (χ0) is 13.2. The van der Waals surface area contributed by atoms with Crippen molar-refractivity contribution in [1.29, 1.82) is 0 Å². The number of para-hydroxylation sites is 1. The van der Waals surface area contributed by atoms with Crippen molar-refractivity contribution in [3.8, 4) is 0 Å². The van der Waals surface area contributed by atoms with E-state index in [2.05, 4.69) is 16.8 Å². The van der Waals surface area contributed by atoms with E-state index < -0.39 is 0 Å². The van der Waals surface area contributed by atoms with Crippen LogP contribution in [-0.2, 0) is 0 Å². The Labute approximate surface area is 113 Å². The topological polar surface area (TPSA) is 55.3 Å². The minimum Gasteiger partial charge on any atom is -0.423 e. The molecule has 0 amide bonds. The first kappa shape index (κ1) is 12.3. The normalized spacial score (nSPS) is 20.7. The highest BCUT2D eigenvalue weighted by Gasteiger charge is 2.24. The summed E-state index contributed by atoms with van der Waals surface area (Å²) in [4.78, 5) is 6.94. The van der Waals surface area contributed by atoms with Crippen LogP contribution in [-0.4, -0.2) is 17.6 Å². The Kier molecular flexibility index (Phi) is 3.32. The van der Waals surface area contributed by atoms with Gasteiger partial charge >= 0.3 is 0 Å². The van der Waals surface area contributed by atoms with Gasteiger partial charge in [-0.25, -0.2) is 0 Å². The molecule has 1 fully saturated rings. The zero-order valence-electron chi connectivity index (χ0n) is 11.4. The lowest BCUT2D eigenvalue weighted by Crippen LogP contribution is -2.34. The molecule has 1 saturated heterocycles. The van der Waals surface area contributed by atoms with Crippen LogP contribution in [0.25, 0.3) is 11.1 Å². The summed E-state index contributed by atoms with van der Waals surface area (Å²) in [6.45, 7) is 3.27. The molecule has 0 radical (unpaired) electrons. The van der Waals surface area contributed by atoms with Crippen LogP contribution in [0.2, 0.25) is 0 Å². The van der Waals surface area contributed by atoms with Gasteiger partial charge in [0.1, 0.15) is 5.52 Å². The molecule has 3 rings (SSSR count). The first-order chi connectivity index (χ1) is 9.29. The van der Waals surface area contributed by atoms with E-state index >= 15 is 0 Å². The van der Waals surface area contributed by atoms with Gasteiger partial charge in [-0.2, -0.15) is 4.98 Å². The molecule has 4 heteroatoms. The van der Waals surface area contributed by atoms with E-state index in [9.17, 15) is 0 Å². The molecule has 2 N–H and O–H groups in total. The number of rotatable bonds is 2. The highest BCUT2D eigenvalue weighted by atomic mass is 16.4. The van der Waals surface area contributed by atoms with Crippen molar-refractivity contribution < 1.29 is 4.42 Å². The Morgan fingerprint density at radius 2 is 2.26 bits per heavy atom. The minimum atomic E-state index is 0.539. The maximum atomic E-state index is 5.96. The molecule has 4 nitrogen and oxygen atoms in total. The molecular formula is C15H21N3O. The molecule has 0 saturated carbocycles. The fraction of sp³-hybridized carbons (Fsp3) is 0.533. The monoisotopic (exact) mass is 259 g/mol. The van der Waals surface area contributed by atoms with Crippen molar-refractivity contribution in [2.24, 2.45) is 0 Å². The van der Waals surface area contributed by atoms with Crippen molar-refractivity contribution in [2.75, 3.05) is 17.2 Å². The van der Waals surface area contributed by atoms with Crippen LogP contribution in [0.4, 0.5) is 11.7 Å². The number of fused-ring (bicyclic) bond motifs is 1. The number of hydrogen-bond acceptors (Lipinski definition) is 4. The Morgan fingerprint density at radius 3 is 3.05 bits per heavy atom. The third kappa shape index (κ3) is 2.27. The van der Waals surface area contributed by atoms with E-state index in [4.69, 9.17) is 10.2 Å². The molecule has 19 heavy (non-hydrogen) atoms. The summed E-state index contributed by atoms with van der Waals surface area (Å²) in [5.41, 5.74) is 8.22. The van der Waals surface area contributed by atoms with Gasteiger partial charge in [0.2, 0.25) is 0 Å². The van der Waals surface area contributed by atoms with E-state index in [1.165, 1.54) is 25.7 Å². The second kappa shape index (κ2) is 5.11. The Hall–Kier alpha value is -1.71. The maximum absolute atomic E-state index is 5.96. The number of hydrogen-bond donors (Lipinski definition) is 1. The lowest BCUT2D eigenvalue weighted by molar-refractivity contribution is 0.494. The van der Waals surface area contributed by atoms with Crippen LogP contribution in [0.15, 0.2) is 22.6 Å². The van der Waals surface area contributed by atoms with Crippen molar-refractivity contribution in [1.82, 2.24) is 4.98 Å². The first-order valence-corrected chi connectivity index (χ1v) is 7.21.